The summed E-state index contributed by atoms with van der Waals surface area (Å²) in [7, 11) is 0. The van der Waals surface area contributed by atoms with E-state index < -0.39 is 0 Å². The second kappa shape index (κ2) is 6.64. The molecule has 0 fully saturated rings. The van der Waals surface area contributed by atoms with Crippen LogP contribution < -0.4 is 11.1 Å². The largest absolute Gasteiger partial charge is 0.464 e. The zero-order valence-electron chi connectivity index (χ0n) is 13.0. The molecule has 0 saturated heterocycles. The number of rotatable bonds is 7. The highest BCUT2D eigenvalue weighted by Crippen LogP contribution is 2.26. The Balaban J connectivity index is 1.86. The maximum absolute atomic E-state index is 12.2. The molecule has 2 amide bonds. The first kappa shape index (κ1) is 16.1. The minimum Gasteiger partial charge on any atom is -0.464 e. The van der Waals surface area contributed by atoms with Crippen LogP contribution in [0.2, 0.25) is 0 Å². The molecule has 5 nitrogen and oxygen atoms in total. The number of carbonyl (C=O) groups excluding carboxylic acids is 2. The number of furan rings is 1. The molecule has 2 rings (SSSR count). The number of amides is 2. The SMILES string of the molecule is CC(C)(CCCNC(=O)c1cccc2occc12)CC(N)=O. The smallest absolute Gasteiger partial charge is 0.252 e. The predicted molar refractivity (Wildman–Crippen MR) is 85.4 cm³/mol. The second-order valence-corrected chi connectivity index (χ2v) is 6.30. The Morgan fingerprint density at radius 1 is 1.27 bits per heavy atom. The minimum atomic E-state index is -0.291. The Labute approximate surface area is 129 Å². The molecule has 5 heteroatoms. The quantitative estimate of drug-likeness (QED) is 0.771. The molecule has 118 valence electrons. The van der Waals surface area contributed by atoms with Crippen molar-refractivity contribution >= 4 is 22.8 Å². The van der Waals surface area contributed by atoms with E-state index >= 15 is 0 Å². The molecule has 3 N–H and O–H groups in total. The third-order valence-electron chi connectivity index (χ3n) is 3.71. The van der Waals surface area contributed by atoms with E-state index in [1.807, 2.05) is 19.9 Å². The van der Waals surface area contributed by atoms with Crippen LogP contribution in [0.4, 0.5) is 0 Å². The average molecular weight is 302 g/mol. The van der Waals surface area contributed by atoms with E-state index in [-0.39, 0.29) is 17.2 Å². The van der Waals surface area contributed by atoms with Crippen molar-refractivity contribution in [3.05, 3.63) is 36.1 Å². The van der Waals surface area contributed by atoms with Gasteiger partial charge >= 0.3 is 0 Å². The first-order valence-corrected chi connectivity index (χ1v) is 7.42. The van der Waals surface area contributed by atoms with Gasteiger partial charge in [-0.1, -0.05) is 19.9 Å². The molecule has 0 unspecified atom stereocenters. The monoisotopic (exact) mass is 302 g/mol. The third-order valence-corrected chi connectivity index (χ3v) is 3.71. The summed E-state index contributed by atoms with van der Waals surface area (Å²) in [5, 5.41) is 3.72. The zero-order valence-corrected chi connectivity index (χ0v) is 13.0. The highest BCUT2D eigenvalue weighted by atomic mass is 16.3. The average Bonchev–Trinajstić information content (AvgIpc) is 2.90. The minimum absolute atomic E-state index is 0.111. The Hall–Kier alpha value is -2.30. The molecule has 22 heavy (non-hydrogen) atoms. The van der Waals surface area contributed by atoms with Crippen molar-refractivity contribution in [2.75, 3.05) is 6.54 Å². The topological polar surface area (TPSA) is 85.3 Å². The normalized spacial score (nSPS) is 11.5. The first-order valence-electron chi connectivity index (χ1n) is 7.42. The van der Waals surface area contributed by atoms with Crippen LogP contribution in [0.15, 0.2) is 34.9 Å². The summed E-state index contributed by atoms with van der Waals surface area (Å²) in [6.45, 7) is 4.58. The van der Waals surface area contributed by atoms with E-state index in [2.05, 4.69) is 5.32 Å². The summed E-state index contributed by atoms with van der Waals surface area (Å²) in [4.78, 5) is 23.2. The van der Waals surface area contributed by atoms with Crippen LogP contribution in [0.3, 0.4) is 0 Å². The molecule has 0 aliphatic carbocycles. The van der Waals surface area contributed by atoms with E-state index in [1.165, 1.54) is 0 Å². The van der Waals surface area contributed by atoms with Gasteiger partial charge in [-0.05, 0) is 36.5 Å². The van der Waals surface area contributed by atoms with Crippen LogP contribution in [0, 0.1) is 5.41 Å². The van der Waals surface area contributed by atoms with E-state index in [9.17, 15) is 9.59 Å². The molecular formula is C17H22N2O3. The molecule has 1 aromatic carbocycles. The number of hydrogen-bond donors (Lipinski definition) is 2. The number of benzene rings is 1. The van der Waals surface area contributed by atoms with Gasteiger partial charge in [-0.25, -0.2) is 0 Å². The molecule has 0 bridgehead atoms. The number of hydrogen-bond acceptors (Lipinski definition) is 3. The van der Waals surface area contributed by atoms with Crippen LogP contribution in [0.25, 0.3) is 11.0 Å². The molecule has 0 atom stereocenters. The van der Waals surface area contributed by atoms with Gasteiger partial charge in [-0.2, -0.15) is 0 Å². The fraction of sp³-hybridized carbons (Fsp3) is 0.412. The van der Waals surface area contributed by atoms with Crippen molar-refractivity contribution in [3.63, 3.8) is 0 Å². The van der Waals surface area contributed by atoms with Crippen LogP contribution in [-0.2, 0) is 4.79 Å². The number of nitrogens with two attached hydrogens (primary N) is 1. The summed E-state index contributed by atoms with van der Waals surface area (Å²) in [5.74, 6) is -0.402. The van der Waals surface area contributed by atoms with Gasteiger partial charge in [-0.3, -0.25) is 9.59 Å². The lowest BCUT2D eigenvalue weighted by atomic mass is 9.84. The van der Waals surface area contributed by atoms with Gasteiger partial charge in [0.1, 0.15) is 5.58 Å². The van der Waals surface area contributed by atoms with Crippen molar-refractivity contribution in [1.29, 1.82) is 0 Å². The number of nitrogens with one attached hydrogen (secondary N) is 1. The van der Waals surface area contributed by atoms with Gasteiger partial charge in [0, 0.05) is 18.4 Å². The maximum Gasteiger partial charge on any atom is 0.252 e. The van der Waals surface area contributed by atoms with Crippen molar-refractivity contribution in [2.24, 2.45) is 11.1 Å². The second-order valence-electron chi connectivity index (χ2n) is 6.30. The number of carbonyl (C=O) groups is 2. The summed E-state index contributed by atoms with van der Waals surface area (Å²) in [5.41, 5.74) is 6.41. The molecule has 1 aromatic heterocycles. The Bertz CT molecular complexity index is 673. The fourth-order valence-corrected chi connectivity index (χ4v) is 2.62. The zero-order chi connectivity index (χ0) is 16.2. The van der Waals surface area contributed by atoms with Gasteiger partial charge < -0.3 is 15.5 Å². The summed E-state index contributed by atoms with van der Waals surface area (Å²) in [6, 6.07) is 7.21. The van der Waals surface area contributed by atoms with E-state index in [0.717, 1.165) is 18.2 Å². The van der Waals surface area contributed by atoms with E-state index in [1.54, 1.807) is 24.5 Å². The van der Waals surface area contributed by atoms with Crippen LogP contribution >= 0.6 is 0 Å². The van der Waals surface area contributed by atoms with Crippen molar-refractivity contribution in [1.82, 2.24) is 5.32 Å². The molecule has 0 saturated carbocycles. The van der Waals surface area contributed by atoms with E-state index in [0.29, 0.717) is 24.1 Å². The molecule has 0 radical (unpaired) electrons. The molecule has 1 heterocycles. The lowest BCUT2D eigenvalue weighted by Crippen LogP contribution is -2.27. The Morgan fingerprint density at radius 2 is 2.05 bits per heavy atom. The maximum atomic E-state index is 12.2. The molecule has 2 aromatic rings. The van der Waals surface area contributed by atoms with Gasteiger partial charge in [0.05, 0.1) is 11.8 Å². The van der Waals surface area contributed by atoms with Gasteiger partial charge in [0.15, 0.2) is 0 Å². The first-order chi connectivity index (χ1) is 10.4. The summed E-state index contributed by atoms with van der Waals surface area (Å²) in [6.07, 6.45) is 3.56. The predicted octanol–water partition coefficient (Wildman–Crippen LogP) is 2.84. The van der Waals surface area contributed by atoms with Crippen molar-refractivity contribution in [3.8, 4) is 0 Å². The van der Waals surface area contributed by atoms with Gasteiger partial charge in [0.2, 0.25) is 5.91 Å². The fourth-order valence-electron chi connectivity index (χ4n) is 2.62. The van der Waals surface area contributed by atoms with E-state index in [4.69, 9.17) is 10.2 Å². The van der Waals surface area contributed by atoms with Gasteiger partial charge in [-0.15, -0.1) is 0 Å². The van der Waals surface area contributed by atoms with Crippen molar-refractivity contribution in [2.45, 2.75) is 33.1 Å². The number of fused-ring (bicyclic) bond motifs is 1. The van der Waals surface area contributed by atoms with Crippen molar-refractivity contribution < 1.29 is 14.0 Å². The van der Waals surface area contributed by atoms with Crippen LogP contribution in [0.1, 0.15) is 43.5 Å². The Morgan fingerprint density at radius 3 is 2.77 bits per heavy atom. The highest BCUT2D eigenvalue weighted by molar-refractivity contribution is 6.05. The third kappa shape index (κ3) is 4.10. The van der Waals surface area contributed by atoms with Gasteiger partial charge in [0.25, 0.3) is 5.91 Å². The number of primary amides is 1. The standard InChI is InChI=1S/C17H22N2O3/c1-17(2,11-15(18)20)8-4-9-19-16(21)13-5-3-6-14-12(13)7-10-22-14/h3,5-7,10H,4,8-9,11H2,1-2H3,(H2,18,20)(H,19,21). The van der Waals surface area contributed by atoms with Crippen LogP contribution in [-0.4, -0.2) is 18.4 Å². The lowest BCUT2D eigenvalue weighted by Gasteiger charge is -2.22. The summed E-state index contributed by atoms with van der Waals surface area (Å²) < 4.78 is 5.29. The molecule has 0 aliphatic rings. The molecular weight excluding hydrogens is 280 g/mol. The lowest BCUT2D eigenvalue weighted by molar-refractivity contribution is -0.120. The van der Waals surface area contributed by atoms with Crippen LogP contribution in [0.5, 0.6) is 0 Å². The molecule has 0 aliphatic heterocycles. The molecule has 0 spiro atoms. The Kier molecular flexibility index (Phi) is 4.85. The summed E-state index contributed by atoms with van der Waals surface area (Å²) >= 11 is 0. The highest BCUT2D eigenvalue weighted by Gasteiger charge is 2.20.